The monoisotopic (exact) mass is 527 g/mol. The number of anilines is 2. The first-order chi connectivity index (χ1) is 17.7. The number of carbonyl (C=O) groups is 4. The van der Waals surface area contributed by atoms with Gasteiger partial charge in [0.15, 0.2) is 5.41 Å². The summed E-state index contributed by atoms with van der Waals surface area (Å²) in [4.78, 5) is 68.3. The van der Waals surface area contributed by atoms with E-state index in [0.29, 0.717) is 16.3 Å². The Kier molecular flexibility index (Phi) is 5.98. The summed E-state index contributed by atoms with van der Waals surface area (Å²) >= 11 is 5.98. The van der Waals surface area contributed by atoms with Crippen LogP contribution in [-0.4, -0.2) is 66.0 Å². The fourth-order valence-electron chi connectivity index (χ4n) is 5.33. The molecule has 2 aromatic carbocycles. The lowest BCUT2D eigenvalue weighted by atomic mass is 9.67. The Morgan fingerprint density at radius 3 is 2.59 bits per heavy atom. The Bertz CT molecular complexity index is 1330. The zero-order chi connectivity index (χ0) is 26.5. The van der Waals surface area contributed by atoms with Crippen molar-refractivity contribution in [3.63, 3.8) is 0 Å². The fraction of sp³-hybridized carbons (Fsp3) is 0.333. The lowest BCUT2D eigenvalue weighted by Crippen LogP contribution is -2.75. The van der Waals surface area contributed by atoms with Crippen molar-refractivity contribution >= 4 is 52.6 Å². The molecule has 5 amide bonds. The normalized spacial score (nSPS) is 22.9. The van der Waals surface area contributed by atoms with Crippen LogP contribution in [0.3, 0.4) is 0 Å². The molecule has 5 rings (SSSR count). The summed E-state index contributed by atoms with van der Waals surface area (Å²) in [6.45, 7) is 2.28. The predicted molar refractivity (Wildman–Crippen MR) is 131 cm³/mol. The number of hydrogen-bond acceptors (Lipinski definition) is 8. The number of urea groups is 1. The number of nitro benzene ring substituents is 1. The minimum Gasteiger partial charge on any atom is -0.450 e. The summed E-state index contributed by atoms with van der Waals surface area (Å²) in [5.74, 6) is -1.62. The van der Waals surface area contributed by atoms with E-state index >= 15 is 0 Å². The van der Waals surface area contributed by atoms with E-state index in [-0.39, 0.29) is 44.0 Å². The van der Waals surface area contributed by atoms with Gasteiger partial charge >= 0.3 is 12.1 Å². The Hall–Kier alpha value is -4.19. The molecule has 0 saturated carbocycles. The highest BCUT2D eigenvalue weighted by molar-refractivity contribution is 6.32. The minimum atomic E-state index is -1.86. The summed E-state index contributed by atoms with van der Waals surface area (Å²) in [5, 5.41) is 14.2. The van der Waals surface area contributed by atoms with Gasteiger partial charge in [-0.05, 0) is 42.8 Å². The molecule has 2 saturated heterocycles. The lowest BCUT2D eigenvalue weighted by molar-refractivity contribution is -0.384. The average Bonchev–Trinajstić information content (AvgIpc) is 2.87. The van der Waals surface area contributed by atoms with Crippen molar-refractivity contribution in [3.8, 4) is 0 Å². The average molecular weight is 528 g/mol. The second kappa shape index (κ2) is 9.04. The molecule has 0 unspecified atom stereocenters. The predicted octanol–water partition coefficient (Wildman–Crippen LogP) is 2.72. The van der Waals surface area contributed by atoms with Crippen molar-refractivity contribution in [1.29, 1.82) is 0 Å². The standard InChI is InChI=1S/C24H22ClN5O7/c1-2-37-23(34)27-9-10-28-18-8-7-17(30(35)36)11-14(18)12-24(19(28)13-27)20(31)26-22(33)29(21(24)32)16-5-3-15(25)4-6-16/h3-8,11,19H,2,9-10,12-13H2,1H3,(H,26,31,33)/t19-,24+/m0/s1. The molecule has 1 N–H and O–H groups in total. The van der Waals surface area contributed by atoms with Crippen LogP contribution in [0.4, 0.5) is 26.7 Å². The summed E-state index contributed by atoms with van der Waals surface area (Å²) in [7, 11) is 0. The number of barbiturate groups is 1. The van der Waals surface area contributed by atoms with Gasteiger partial charge in [0, 0.05) is 48.9 Å². The molecule has 2 aromatic rings. The molecule has 37 heavy (non-hydrogen) atoms. The maximum absolute atomic E-state index is 14.2. The number of imide groups is 2. The number of rotatable bonds is 3. The van der Waals surface area contributed by atoms with Gasteiger partial charge in [-0.3, -0.25) is 25.0 Å². The molecule has 3 heterocycles. The summed E-state index contributed by atoms with van der Waals surface area (Å²) in [5.41, 5.74) is -0.801. The van der Waals surface area contributed by atoms with Crippen LogP contribution >= 0.6 is 11.6 Å². The number of hydrogen-bond donors (Lipinski definition) is 1. The van der Waals surface area contributed by atoms with E-state index < -0.39 is 40.3 Å². The van der Waals surface area contributed by atoms with Gasteiger partial charge < -0.3 is 14.5 Å². The van der Waals surface area contributed by atoms with Crippen LogP contribution in [-0.2, 0) is 20.7 Å². The number of carbonyl (C=O) groups excluding carboxylic acids is 4. The van der Waals surface area contributed by atoms with Crippen molar-refractivity contribution in [3.05, 3.63) is 63.2 Å². The van der Waals surface area contributed by atoms with E-state index in [0.717, 1.165) is 4.90 Å². The second-order valence-electron chi connectivity index (χ2n) is 8.95. The molecule has 0 radical (unpaired) electrons. The number of benzene rings is 2. The van der Waals surface area contributed by atoms with Gasteiger partial charge in [-0.1, -0.05) is 11.6 Å². The number of non-ortho nitro benzene ring substituents is 1. The van der Waals surface area contributed by atoms with Crippen LogP contribution in [0.1, 0.15) is 12.5 Å². The molecule has 3 aliphatic heterocycles. The van der Waals surface area contributed by atoms with E-state index in [1.165, 1.54) is 41.3 Å². The van der Waals surface area contributed by atoms with E-state index in [9.17, 15) is 29.3 Å². The second-order valence-corrected chi connectivity index (χ2v) is 9.39. The number of fused-ring (bicyclic) bond motifs is 4. The van der Waals surface area contributed by atoms with Crippen LogP contribution in [0.5, 0.6) is 0 Å². The maximum Gasteiger partial charge on any atom is 0.409 e. The lowest BCUT2D eigenvalue weighted by Gasteiger charge is -2.55. The summed E-state index contributed by atoms with van der Waals surface area (Å²) < 4.78 is 5.15. The van der Waals surface area contributed by atoms with Crippen molar-refractivity contribution in [2.45, 2.75) is 19.4 Å². The third-order valence-corrected chi connectivity index (χ3v) is 7.28. The molecule has 0 aromatic heterocycles. The highest BCUT2D eigenvalue weighted by Crippen LogP contribution is 2.47. The first-order valence-corrected chi connectivity index (χ1v) is 12.0. The van der Waals surface area contributed by atoms with Crippen LogP contribution < -0.4 is 15.1 Å². The van der Waals surface area contributed by atoms with E-state index in [1.54, 1.807) is 13.0 Å². The Morgan fingerprint density at radius 2 is 1.92 bits per heavy atom. The molecule has 2 atom stereocenters. The minimum absolute atomic E-state index is 0.0307. The molecule has 0 bridgehead atoms. The molecule has 2 fully saturated rings. The Balaban J connectivity index is 1.65. The van der Waals surface area contributed by atoms with Gasteiger partial charge in [0.05, 0.1) is 23.3 Å². The number of piperazine rings is 1. The molecular weight excluding hydrogens is 506 g/mol. The third-order valence-electron chi connectivity index (χ3n) is 7.03. The summed E-state index contributed by atoms with van der Waals surface area (Å²) in [6.07, 6.45) is -0.787. The zero-order valence-corrected chi connectivity index (χ0v) is 20.4. The number of amides is 5. The SMILES string of the molecule is CCOC(=O)N1CCN2c3ccc([N+](=O)[O-])cc3C[C@]3(C(=O)NC(=O)N(c4ccc(Cl)cc4)C3=O)[C@@H]2C1. The first-order valence-electron chi connectivity index (χ1n) is 11.6. The van der Waals surface area contributed by atoms with Crippen molar-refractivity contribution < 1.29 is 28.8 Å². The maximum atomic E-state index is 14.2. The number of ether oxygens (including phenoxy) is 1. The van der Waals surface area contributed by atoms with Gasteiger partial charge in [-0.25, -0.2) is 14.5 Å². The topological polar surface area (TPSA) is 142 Å². The molecule has 3 aliphatic rings. The molecule has 13 heteroatoms. The number of nitro groups is 1. The number of halogens is 1. The van der Waals surface area contributed by atoms with Crippen LogP contribution in [0.25, 0.3) is 0 Å². The highest BCUT2D eigenvalue weighted by Gasteiger charge is 2.63. The molecule has 12 nitrogen and oxygen atoms in total. The number of nitrogens with zero attached hydrogens (tertiary/aromatic N) is 4. The van der Waals surface area contributed by atoms with Gasteiger partial charge in [0.1, 0.15) is 0 Å². The van der Waals surface area contributed by atoms with Gasteiger partial charge in [-0.2, -0.15) is 0 Å². The van der Waals surface area contributed by atoms with Crippen LogP contribution in [0.2, 0.25) is 5.02 Å². The highest BCUT2D eigenvalue weighted by atomic mass is 35.5. The molecular formula is C24H22ClN5O7. The van der Waals surface area contributed by atoms with Crippen molar-refractivity contribution in [1.82, 2.24) is 10.2 Å². The van der Waals surface area contributed by atoms with E-state index in [1.807, 2.05) is 4.90 Å². The fourth-order valence-corrected chi connectivity index (χ4v) is 5.45. The third kappa shape index (κ3) is 3.84. The van der Waals surface area contributed by atoms with E-state index in [2.05, 4.69) is 5.32 Å². The zero-order valence-electron chi connectivity index (χ0n) is 19.7. The Labute approximate surface area is 215 Å². The van der Waals surface area contributed by atoms with Crippen LogP contribution in [0.15, 0.2) is 42.5 Å². The number of nitrogens with one attached hydrogen (secondary N) is 1. The largest absolute Gasteiger partial charge is 0.450 e. The smallest absolute Gasteiger partial charge is 0.409 e. The first kappa shape index (κ1) is 24.5. The van der Waals surface area contributed by atoms with Crippen LogP contribution in [0, 0.1) is 15.5 Å². The van der Waals surface area contributed by atoms with Crippen molar-refractivity contribution in [2.75, 3.05) is 36.0 Å². The summed E-state index contributed by atoms with van der Waals surface area (Å²) in [6, 6.07) is 8.48. The van der Waals surface area contributed by atoms with Gasteiger partial charge in [0.2, 0.25) is 5.91 Å². The molecule has 192 valence electrons. The quantitative estimate of drug-likeness (QED) is 0.364. The van der Waals surface area contributed by atoms with Gasteiger partial charge in [-0.15, -0.1) is 0 Å². The van der Waals surface area contributed by atoms with E-state index in [4.69, 9.17) is 16.3 Å². The van der Waals surface area contributed by atoms with Crippen molar-refractivity contribution in [2.24, 2.45) is 5.41 Å². The molecule has 0 aliphatic carbocycles. The Morgan fingerprint density at radius 1 is 1.19 bits per heavy atom. The molecule has 1 spiro atoms. The van der Waals surface area contributed by atoms with Gasteiger partial charge in [0.25, 0.3) is 11.6 Å².